The van der Waals surface area contributed by atoms with Gasteiger partial charge in [-0.2, -0.15) is 0 Å². The number of anilines is 1. The van der Waals surface area contributed by atoms with E-state index in [4.69, 9.17) is 0 Å². The molecule has 0 atom stereocenters. The predicted molar refractivity (Wildman–Crippen MR) is 113 cm³/mol. The number of aromatic nitrogens is 1. The highest BCUT2D eigenvalue weighted by Gasteiger charge is 2.15. The van der Waals surface area contributed by atoms with Crippen LogP contribution in [0.3, 0.4) is 0 Å². The van der Waals surface area contributed by atoms with Crippen LogP contribution in [0.25, 0.3) is 0 Å². The Balaban J connectivity index is 1.93. The minimum Gasteiger partial charge on any atom is -0.357 e. The normalized spacial score (nSPS) is 11.0. The third-order valence-corrected chi connectivity index (χ3v) is 4.25. The maximum absolute atomic E-state index is 12.4. The highest BCUT2D eigenvalue weighted by atomic mass is 16.2. The second kappa shape index (κ2) is 9.35. The van der Waals surface area contributed by atoms with Gasteiger partial charge in [-0.05, 0) is 70.5 Å². The minimum atomic E-state index is -0.304. The summed E-state index contributed by atoms with van der Waals surface area (Å²) in [5.74, 6) is 0.596. The Bertz CT molecular complexity index is 789. The first-order valence-corrected chi connectivity index (χ1v) is 9.64. The molecule has 0 aliphatic heterocycles. The molecule has 0 saturated carbocycles. The van der Waals surface area contributed by atoms with Gasteiger partial charge in [0.15, 0.2) is 0 Å². The van der Waals surface area contributed by atoms with E-state index in [2.05, 4.69) is 34.4 Å². The lowest BCUT2D eigenvalue weighted by Gasteiger charge is -2.20. The number of amides is 2. The van der Waals surface area contributed by atoms with Crippen LogP contribution in [0.15, 0.2) is 42.6 Å². The molecule has 0 spiro atoms. The van der Waals surface area contributed by atoms with Gasteiger partial charge in [-0.25, -0.2) is 4.98 Å². The average molecular weight is 383 g/mol. The van der Waals surface area contributed by atoms with E-state index >= 15 is 0 Å². The van der Waals surface area contributed by atoms with Crippen LogP contribution in [0, 0.1) is 0 Å². The first kappa shape index (κ1) is 21.4. The van der Waals surface area contributed by atoms with Crippen molar-refractivity contribution in [1.29, 1.82) is 0 Å². The lowest BCUT2D eigenvalue weighted by Crippen LogP contribution is -2.40. The van der Waals surface area contributed by atoms with Crippen molar-refractivity contribution in [2.45, 2.75) is 46.7 Å². The van der Waals surface area contributed by atoms with E-state index in [0.29, 0.717) is 17.7 Å². The SMILES string of the molecule is CCN(CC)c1ccc(CNC(=O)c2ccc(C(=O)NC(C)(C)C)cc2)cn1. The maximum atomic E-state index is 12.4. The lowest BCUT2D eigenvalue weighted by atomic mass is 10.1. The van der Waals surface area contributed by atoms with Gasteiger partial charge >= 0.3 is 0 Å². The molecule has 2 amide bonds. The van der Waals surface area contributed by atoms with E-state index in [1.165, 1.54) is 0 Å². The summed E-state index contributed by atoms with van der Waals surface area (Å²) in [7, 11) is 0. The predicted octanol–water partition coefficient (Wildman–Crippen LogP) is 3.39. The molecular formula is C22H30N4O2. The molecule has 2 N–H and O–H groups in total. The number of nitrogens with zero attached hydrogens (tertiary/aromatic N) is 2. The third kappa shape index (κ3) is 6.08. The Morgan fingerprint density at radius 1 is 0.929 bits per heavy atom. The number of hydrogen-bond donors (Lipinski definition) is 2. The smallest absolute Gasteiger partial charge is 0.251 e. The average Bonchev–Trinajstić information content (AvgIpc) is 2.67. The van der Waals surface area contributed by atoms with Gasteiger partial charge in [0.25, 0.3) is 11.8 Å². The van der Waals surface area contributed by atoms with Crippen molar-refractivity contribution in [3.8, 4) is 0 Å². The van der Waals surface area contributed by atoms with Crippen LogP contribution in [-0.4, -0.2) is 35.4 Å². The van der Waals surface area contributed by atoms with Gasteiger partial charge in [0.1, 0.15) is 5.82 Å². The number of pyridine rings is 1. The van der Waals surface area contributed by atoms with Crippen molar-refractivity contribution in [2.24, 2.45) is 0 Å². The highest BCUT2D eigenvalue weighted by Crippen LogP contribution is 2.11. The maximum Gasteiger partial charge on any atom is 0.251 e. The fraction of sp³-hybridized carbons (Fsp3) is 0.409. The van der Waals surface area contributed by atoms with Crippen LogP contribution in [0.4, 0.5) is 5.82 Å². The molecule has 0 aliphatic rings. The zero-order chi connectivity index (χ0) is 20.7. The first-order valence-electron chi connectivity index (χ1n) is 9.64. The van der Waals surface area contributed by atoms with Crippen molar-refractivity contribution in [2.75, 3.05) is 18.0 Å². The Morgan fingerprint density at radius 2 is 1.50 bits per heavy atom. The molecule has 150 valence electrons. The van der Waals surface area contributed by atoms with Crippen molar-refractivity contribution in [3.05, 3.63) is 59.3 Å². The number of hydrogen-bond acceptors (Lipinski definition) is 4. The highest BCUT2D eigenvalue weighted by molar-refractivity contribution is 5.98. The van der Waals surface area contributed by atoms with Crippen LogP contribution < -0.4 is 15.5 Å². The molecule has 1 aromatic carbocycles. The summed E-state index contributed by atoms with van der Waals surface area (Å²) < 4.78 is 0. The van der Waals surface area contributed by atoms with E-state index < -0.39 is 0 Å². The molecule has 0 aliphatic carbocycles. The number of nitrogens with one attached hydrogen (secondary N) is 2. The molecule has 0 saturated heterocycles. The number of benzene rings is 1. The minimum absolute atomic E-state index is 0.154. The molecular weight excluding hydrogens is 352 g/mol. The number of rotatable bonds is 7. The van der Waals surface area contributed by atoms with Crippen LogP contribution in [0.5, 0.6) is 0 Å². The summed E-state index contributed by atoms with van der Waals surface area (Å²) in [5, 5.41) is 5.79. The topological polar surface area (TPSA) is 74.3 Å². The zero-order valence-electron chi connectivity index (χ0n) is 17.4. The molecule has 2 aromatic rings. The van der Waals surface area contributed by atoms with Gasteiger partial charge < -0.3 is 15.5 Å². The zero-order valence-corrected chi connectivity index (χ0v) is 17.4. The summed E-state index contributed by atoms with van der Waals surface area (Å²) in [5.41, 5.74) is 1.68. The Morgan fingerprint density at radius 3 is 1.96 bits per heavy atom. The Kier molecular flexibility index (Phi) is 7.15. The molecule has 28 heavy (non-hydrogen) atoms. The second-order valence-corrected chi connectivity index (χ2v) is 7.66. The summed E-state index contributed by atoms with van der Waals surface area (Å²) in [6.45, 7) is 12.2. The van der Waals surface area contributed by atoms with Gasteiger partial charge in [0.05, 0.1) is 0 Å². The molecule has 1 heterocycles. The van der Waals surface area contributed by atoms with Crippen molar-refractivity contribution >= 4 is 17.6 Å². The molecule has 0 fully saturated rings. The molecule has 2 rings (SSSR count). The summed E-state index contributed by atoms with van der Waals surface area (Å²) in [6.07, 6.45) is 1.79. The van der Waals surface area contributed by atoms with Crippen molar-refractivity contribution in [1.82, 2.24) is 15.6 Å². The van der Waals surface area contributed by atoms with E-state index in [-0.39, 0.29) is 17.4 Å². The van der Waals surface area contributed by atoms with Gasteiger partial charge in [-0.3, -0.25) is 9.59 Å². The van der Waals surface area contributed by atoms with E-state index in [0.717, 1.165) is 24.5 Å². The third-order valence-electron chi connectivity index (χ3n) is 4.25. The van der Waals surface area contributed by atoms with Gasteiger partial charge in [-0.15, -0.1) is 0 Å². The van der Waals surface area contributed by atoms with Crippen LogP contribution in [0.1, 0.15) is 60.9 Å². The fourth-order valence-corrected chi connectivity index (χ4v) is 2.73. The Labute approximate surface area is 167 Å². The Hall–Kier alpha value is -2.89. The summed E-state index contributed by atoms with van der Waals surface area (Å²) in [6, 6.07) is 10.6. The van der Waals surface area contributed by atoms with Crippen molar-refractivity contribution in [3.63, 3.8) is 0 Å². The van der Waals surface area contributed by atoms with Crippen molar-refractivity contribution < 1.29 is 9.59 Å². The first-order chi connectivity index (χ1) is 13.2. The van der Waals surface area contributed by atoms with E-state index in [9.17, 15) is 9.59 Å². The molecule has 0 radical (unpaired) electrons. The van der Waals surface area contributed by atoms with Gasteiger partial charge in [0.2, 0.25) is 0 Å². The molecule has 0 bridgehead atoms. The van der Waals surface area contributed by atoms with E-state index in [1.807, 2.05) is 32.9 Å². The van der Waals surface area contributed by atoms with Crippen LogP contribution in [-0.2, 0) is 6.54 Å². The summed E-state index contributed by atoms with van der Waals surface area (Å²) >= 11 is 0. The standard InChI is InChI=1S/C22H30N4O2/c1-6-26(7-2)19-13-8-16(14-23-19)15-24-20(27)17-9-11-18(12-10-17)21(28)25-22(3,4)5/h8-14H,6-7,15H2,1-5H3,(H,24,27)(H,25,28). The lowest BCUT2D eigenvalue weighted by molar-refractivity contribution is 0.0915. The van der Waals surface area contributed by atoms with Crippen LogP contribution in [0.2, 0.25) is 0 Å². The largest absolute Gasteiger partial charge is 0.357 e. The monoisotopic (exact) mass is 382 g/mol. The number of carbonyl (C=O) groups is 2. The second-order valence-electron chi connectivity index (χ2n) is 7.66. The quantitative estimate of drug-likeness (QED) is 0.770. The van der Waals surface area contributed by atoms with Crippen LogP contribution >= 0.6 is 0 Å². The van der Waals surface area contributed by atoms with E-state index in [1.54, 1.807) is 30.5 Å². The molecule has 6 heteroatoms. The molecule has 1 aromatic heterocycles. The number of carbonyl (C=O) groups excluding carboxylic acids is 2. The van der Waals surface area contributed by atoms with Gasteiger partial charge in [-0.1, -0.05) is 6.07 Å². The summed E-state index contributed by atoms with van der Waals surface area (Å²) in [4.78, 5) is 31.1. The fourth-order valence-electron chi connectivity index (χ4n) is 2.73. The molecule has 6 nitrogen and oxygen atoms in total. The molecule has 0 unspecified atom stereocenters. The van der Waals surface area contributed by atoms with Gasteiger partial charge in [0, 0.05) is 42.5 Å².